The van der Waals surface area contributed by atoms with Crippen molar-refractivity contribution in [1.82, 2.24) is 9.80 Å². The van der Waals surface area contributed by atoms with E-state index in [4.69, 9.17) is 0 Å². The van der Waals surface area contributed by atoms with Crippen LogP contribution in [0.2, 0.25) is 0 Å². The van der Waals surface area contributed by atoms with Crippen LogP contribution in [0.15, 0.2) is 59.5 Å². The molecule has 3 aliphatic heterocycles. The molecule has 0 N–H and O–H groups in total. The molecule has 1 amide bonds. The number of hydrogen-bond acceptors (Lipinski definition) is 3. The molecule has 0 aromatic heterocycles. The molecule has 0 spiro atoms. The Morgan fingerprint density at radius 1 is 0.962 bits per heavy atom. The predicted octanol–water partition coefficient (Wildman–Crippen LogP) is 4.03. The summed E-state index contributed by atoms with van der Waals surface area (Å²) in [5.41, 5.74) is 2.61. The fourth-order valence-electron chi connectivity index (χ4n) is 4.32. The fourth-order valence-corrected chi connectivity index (χ4v) is 4.93. The number of nitrogens with zero attached hydrogens (tertiary/aromatic N) is 2. The van der Waals surface area contributed by atoms with Gasteiger partial charge in [0.15, 0.2) is 0 Å². The molecular formula is C22H26N2OS. The molecule has 3 nitrogen and oxygen atoms in total. The highest BCUT2D eigenvalue weighted by atomic mass is 32.2. The summed E-state index contributed by atoms with van der Waals surface area (Å²) in [7, 11) is 0. The maximum absolute atomic E-state index is 13.0. The van der Waals surface area contributed by atoms with Crippen molar-refractivity contribution in [3.05, 3.63) is 65.7 Å². The van der Waals surface area contributed by atoms with Crippen molar-refractivity contribution in [1.29, 1.82) is 0 Å². The summed E-state index contributed by atoms with van der Waals surface area (Å²) in [6, 6.07) is 19.4. The summed E-state index contributed by atoms with van der Waals surface area (Å²) in [4.78, 5) is 19.0. The number of fused-ring (bicyclic) bond motifs is 4. The van der Waals surface area contributed by atoms with Gasteiger partial charge in [0.05, 0.1) is 5.92 Å². The minimum Gasteiger partial charge on any atom is -0.334 e. The van der Waals surface area contributed by atoms with E-state index in [1.807, 2.05) is 6.07 Å². The van der Waals surface area contributed by atoms with Gasteiger partial charge in [-0.2, -0.15) is 0 Å². The molecule has 3 heterocycles. The Kier molecular flexibility index (Phi) is 5.32. The lowest BCUT2D eigenvalue weighted by Gasteiger charge is -2.36. The smallest absolute Gasteiger partial charge is 0.227 e. The molecule has 2 bridgehead atoms. The van der Waals surface area contributed by atoms with Gasteiger partial charge in [-0.15, -0.1) is 11.8 Å². The predicted molar refractivity (Wildman–Crippen MR) is 107 cm³/mol. The summed E-state index contributed by atoms with van der Waals surface area (Å²) in [5.74, 6) is 0.504. The number of amides is 1. The van der Waals surface area contributed by atoms with Crippen LogP contribution in [0, 0.1) is 5.92 Å². The van der Waals surface area contributed by atoms with E-state index in [1.54, 1.807) is 11.8 Å². The van der Waals surface area contributed by atoms with Gasteiger partial charge in [-0.1, -0.05) is 48.5 Å². The van der Waals surface area contributed by atoms with E-state index >= 15 is 0 Å². The van der Waals surface area contributed by atoms with Crippen LogP contribution in [0.1, 0.15) is 24.0 Å². The zero-order chi connectivity index (χ0) is 17.9. The minimum atomic E-state index is 0.152. The van der Waals surface area contributed by atoms with Gasteiger partial charge in [-0.05, 0) is 36.3 Å². The van der Waals surface area contributed by atoms with E-state index in [0.717, 1.165) is 39.0 Å². The Labute approximate surface area is 160 Å². The van der Waals surface area contributed by atoms with Crippen molar-refractivity contribution in [2.45, 2.75) is 36.9 Å². The van der Waals surface area contributed by atoms with Crippen LogP contribution >= 0.6 is 11.8 Å². The molecule has 4 heteroatoms. The van der Waals surface area contributed by atoms with E-state index < -0.39 is 0 Å². The molecule has 2 aromatic carbocycles. The lowest BCUT2D eigenvalue weighted by molar-refractivity contribution is -0.140. The molecule has 5 rings (SSSR count). The molecule has 0 unspecified atom stereocenters. The van der Waals surface area contributed by atoms with Gasteiger partial charge in [0.1, 0.15) is 0 Å². The van der Waals surface area contributed by atoms with Crippen molar-refractivity contribution in [2.75, 3.05) is 19.3 Å². The van der Waals surface area contributed by atoms with Crippen molar-refractivity contribution in [3.63, 3.8) is 0 Å². The van der Waals surface area contributed by atoms with E-state index in [0.29, 0.717) is 11.9 Å². The quantitative estimate of drug-likeness (QED) is 0.747. The fraction of sp³-hybridized carbons (Fsp3) is 0.409. The van der Waals surface area contributed by atoms with Gasteiger partial charge >= 0.3 is 0 Å². The van der Waals surface area contributed by atoms with Gasteiger partial charge in [0.25, 0.3) is 0 Å². The Morgan fingerprint density at radius 3 is 2.54 bits per heavy atom. The van der Waals surface area contributed by atoms with Crippen LogP contribution in [0.3, 0.4) is 0 Å². The van der Waals surface area contributed by atoms with Crippen LogP contribution in [-0.2, 0) is 17.9 Å². The summed E-state index contributed by atoms with van der Waals surface area (Å²) in [6.07, 6.45) is 4.30. The van der Waals surface area contributed by atoms with Crippen molar-refractivity contribution >= 4 is 17.7 Å². The SMILES string of the molecule is CSc1ccccc1CN1C[C@H]2CC[C@@H](C1)N(Cc1ccccc1)C2=O. The zero-order valence-electron chi connectivity index (χ0n) is 15.3. The summed E-state index contributed by atoms with van der Waals surface area (Å²) >= 11 is 1.81. The van der Waals surface area contributed by atoms with Crippen molar-refractivity contribution < 1.29 is 4.79 Å². The summed E-state index contributed by atoms with van der Waals surface area (Å²) in [6.45, 7) is 3.56. The van der Waals surface area contributed by atoms with Gasteiger partial charge in [-0.3, -0.25) is 9.69 Å². The molecule has 3 aliphatic rings. The molecule has 0 radical (unpaired) electrons. The Morgan fingerprint density at radius 2 is 1.73 bits per heavy atom. The Bertz CT molecular complexity index is 764. The zero-order valence-corrected chi connectivity index (χ0v) is 16.1. The lowest BCUT2D eigenvalue weighted by atomic mass is 9.93. The van der Waals surface area contributed by atoms with Crippen molar-refractivity contribution in [2.24, 2.45) is 5.92 Å². The van der Waals surface area contributed by atoms with E-state index in [9.17, 15) is 4.79 Å². The number of carbonyl (C=O) groups excluding carboxylic acids is 1. The second kappa shape index (κ2) is 7.85. The monoisotopic (exact) mass is 366 g/mol. The Hall–Kier alpha value is -1.78. The third-order valence-corrected chi connectivity index (χ3v) is 6.49. The first kappa shape index (κ1) is 17.6. The van der Waals surface area contributed by atoms with Gasteiger partial charge in [0, 0.05) is 37.1 Å². The van der Waals surface area contributed by atoms with Crippen LogP contribution in [0.25, 0.3) is 0 Å². The molecule has 0 aliphatic carbocycles. The van der Waals surface area contributed by atoms with Gasteiger partial charge in [0.2, 0.25) is 5.91 Å². The van der Waals surface area contributed by atoms with Crippen LogP contribution in [0.4, 0.5) is 0 Å². The number of benzene rings is 2. The van der Waals surface area contributed by atoms with Gasteiger partial charge in [-0.25, -0.2) is 0 Å². The lowest BCUT2D eigenvalue weighted by Crippen LogP contribution is -2.47. The molecular weight excluding hydrogens is 340 g/mol. The van der Waals surface area contributed by atoms with E-state index in [-0.39, 0.29) is 5.92 Å². The number of rotatable bonds is 5. The van der Waals surface area contributed by atoms with Crippen LogP contribution in [-0.4, -0.2) is 41.1 Å². The first-order valence-electron chi connectivity index (χ1n) is 9.43. The molecule has 3 fully saturated rings. The highest BCUT2D eigenvalue weighted by Gasteiger charge is 2.40. The number of carbonyl (C=O) groups is 1. The average molecular weight is 367 g/mol. The van der Waals surface area contributed by atoms with E-state index in [1.165, 1.54) is 16.0 Å². The maximum Gasteiger partial charge on any atom is 0.227 e. The number of thioether (sulfide) groups is 1. The number of hydrogen-bond donors (Lipinski definition) is 0. The molecule has 26 heavy (non-hydrogen) atoms. The minimum absolute atomic E-state index is 0.152. The first-order valence-corrected chi connectivity index (χ1v) is 10.7. The van der Waals surface area contributed by atoms with Crippen LogP contribution < -0.4 is 0 Å². The average Bonchev–Trinajstić information content (AvgIpc) is 2.95. The standard InChI is InChI=1S/C22H26N2OS/c1-26-21-10-6-5-9-18(21)14-23-15-19-11-12-20(16-23)24(22(19)25)13-17-7-3-2-4-8-17/h2-10,19-20H,11-16H2,1H3/t19-,20+/m1/s1. The number of piperidine rings is 1. The third-order valence-electron chi connectivity index (χ3n) is 5.65. The molecule has 3 saturated heterocycles. The third kappa shape index (κ3) is 3.67. The van der Waals surface area contributed by atoms with E-state index in [2.05, 4.69) is 64.6 Å². The first-order chi connectivity index (χ1) is 12.7. The molecule has 136 valence electrons. The summed E-state index contributed by atoms with van der Waals surface area (Å²) in [5, 5.41) is 0. The molecule has 0 saturated carbocycles. The molecule has 2 aromatic rings. The highest BCUT2D eigenvalue weighted by Crippen LogP contribution is 2.32. The second-order valence-corrected chi connectivity index (χ2v) is 8.23. The van der Waals surface area contributed by atoms with Gasteiger partial charge < -0.3 is 4.90 Å². The highest BCUT2D eigenvalue weighted by molar-refractivity contribution is 7.98. The topological polar surface area (TPSA) is 23.6 Å². The largest absolute Gasteiger partial charge is 0.334 e. The van der Waals surface area contributed by atoms with Crippen LogP contribution in [0.5, 0.6) is 0 Å². The normalized spacial score (nSPS) is 23.3. The molecule has 2 atom stereocenters. The summed E-state index contributed by atoms with van der Waals surface area (Å²) < 4.78 is 0. The van der Waals surface area contributed by atoms with Crippen molar-refractivity contribution in [3.8, 4) is 0 Å². The maximum atomic E-state index is 13.0. The second-order valence-electron chi connectivity index (χ2n) is 7.39. The Balaban J connectivity index is 1.51.